The summed E-state index contributed by atoms with van der Waals surface area (Å²) in [5.41, 5.74) is 1.97. The van der Waals surface area contributed by atoms with Crippen LogP contribution in [0.4, 0.5) is 0 Å². The van der Waals surface area contributed by atoms with E-state index in [0.717, 1.165) is 5.56 Å². The molecule has 0 fully saturated rings. The van der Waals surface area contributed by atoms with Gasteiger partial charge >= 0.3 is 5.97 Å². The average Bonchev–Trinajstić information content (AvgIpc) is 3.19. The van der Waals surface area contributed by atoms with Crippen LogP contribution in [0.2, 0.25) is 0 Å². The Balaban J connectivity index is 1.95. The van der Waals surface area contributed by atoms with Gasteiger partial charge in [-0.1, -0.05) is 29.5 Å². The number of thiazole rings is 1. The third-order valence-corrected chi connectivity index (χ3v) is 6.96. The Morgan fingerprint density at radius 2 is 1.79 bits per heavy atom. The summed E-state index contributed by atoms with van der Waals surface area (Å²) in [6.07, 6.45) is 1.69. The van der Waals surface area contributed by atoms with Crippen LogP contribution in [0.3, 0.4) is 0 Å². The van der Waals surface area contributed by atoms with Crippen LogP contribution in [0.15, 0.2) is 63.5 Å². The molecule has 0 radical (unpaired) electrons. The summed E-state index contributed by atoms with van der Waals surface area (Å²) >= 11 is 1.26. The predicted molar refractivity (Wildman–Crippen MR) is 151 cm³/mol. The van der Waals surface area contributed by atoms with Crippen molar-refractivity contribution < 1.29 is 23.7 Å². The normalized spacial score (nSPS) is 15.2. The molecule has 2 heterocycles. The van der Waals surface area contributed by atoms with Gasteiger partial charge in [0.25, 0.3) is 5.56 Å². The zero-order valence-corrected chi connectivity index (χ0v) is 24.0. The molecular formula is C30H34N2O6S. The molecule has 4 rings (SSSR count). The van der Waals surface area contributed by atoms with Crippen LogP contribution in [0.25, 0.3) is 6.08 Å². The van der Waals surface area contributed by atoms with Gasteiger partial charge in [0.1, 0.15) is 23.3 Å². The maximum atomic E-state index is 14.0. The van der Waals surface area contributed by atoms with Gasteiger partial charge in [-0.3, -0.25) is 9.36 Å². The monoisotopic (exact) mass is 550 g/mol. The van der Waals surface area contributed by atoms with Gasteiger partial charge in [0.05, 0.1) is 41.7 Å². The molecule has 8 nitrogen and oxygen atoms in total. The number of ether oxygens (including phenoxy) is 4. The van der Waals surface area contributed by atoms with Crippen molar-refractivity contribution in [2.45, 2.75) is 53.7 Å². The van der Waals surface area contributed by atoms with Crippen LogP contribution >= 0.6 is 11.3 Å². The lowest BCUT2D eigenvalue weighted by Gasteiger charge is -2.26. The summed E-state index contributed by atoms with van der Waals surface area (Å²) < 4.78 is 25.0. The fraction of sp³-hybridized carbons (Fsp3) is 0.367. The quantitative estimate of drug-likeness (QED) is 0.348. The van der Waals surface area contributed by atoms with Crippen LogP contribution in [0.5, 0.6) is 17.2 Å². The Morgan fingerprint density at radius 3 is 2.49 bits per heavy atom. The van der Waals surface area contributed by atoms with Gasteiger partial charge in [0, 0.05) is 17.2 Å². The minimum Gasteiger partial charge on any atom is -0.494 e. The second-order valence-corrected chi connectivity index (χ2v) is 10.1. The van der Waals surface area contributed by atoms with E-state index < -0.39 is 12.0 Å². The molecule has 206 valence electrons. The molecule has 39 heavy (non-hydrogen) atoms. The van der Waals surface area contributed by atoms with Gasteiger partial charge < -0.3 is 18.9 Å². The minimum absolute atomic E-state index is 0.102. The van der Waals surface area contributed by atoms with E-state index in [-0.39, 0.29) is 18.3 Å². The maximum absolute atomic E-state index is 14.0. The number of allylic oxidation sites excluding steroid dienone is 1. The fourth-order valence-electron chi connectivity index (χ4n) is 4.47. The van der Waals surface area contributed by atoms with E-state index in [2.05, 4.69) is 4.99 Å². The van der Waals surface area contributed by atoms with Crippen molar-refractivity contribution >= 4 is 23.4 Å². The van der Waals surface area contributed by atoms with Crippen molar-refractivity contribution in [3.05, 3.63) is 84.5 Å². The molecule has 1 atom stereocenters. The highest BCUT2D eigenvalue weighted by Gasteiger charge is 2.35. The molecule has 1 unspecified atom stereocenters. The second-order valence-electron chi connectivity index (χ2n) is 9.07. The molecule has 1 aromatic heterocycles. The van der Waals surface area contributed by atoms with Gasteiger partial charge in [-0.05, 0) is 65.8 Å². The maximum Gasteiger partial charge on any atom is 0.338 e. The molecule has 1 aliphatic rings. The van der Waals surface area contributed by atoms with Crippen LogP contribution in [-0.2, 0) is 9.53 Å². The van der Waals surface area contributed by atoms with E-state index in [4.69, 9.17) is 18.9 Å². The number of para-hydroxylation sites is 1. The number of esters is 1. The van der Waals surface area contributed by atoms with Crippen molar-refractivity contribution in [3.63, 3.8) is 0 Å². The van der Waals surface area contributed by atoms with Gasteiger partial charge in [-0.25, -0.2) is 9.79 Å². The number of fused-ring (bicyclic) bond motifs is 1. The first-order valence-electron chi connectivity index (χ1n) is 13.1. The molecule has 2 aromatic carbocycles. The summed E-state index contributed by atoms with van der Waals surface area (Å²) in [6, 6.07) is 12.2. The second kappa shape index (κ2) is 12.3. The van der Waals surface area contributed by atoms with Gasteiger partial charge in [-0.2, -0.15) is 0 Å². The zero-order chi connectivity index (χ0) is 28.1. The minimum atomic E-state index is -0.760. The third kappa shape index (κ3) is 5.93. The number of nitrogens with zero attached hydrogens (tertiary/aromatic N) is 2. The number of aromatic nitrogens is 1. The molecule has 0 amide bonds. The Bertz CT molecular complexity index is 1570. The Kier molecular flexibility index (Phi) is 8.91. The molecule has 0 saturated carbocycles. The molecular weight excluding hydrogens is 516 g/mol. The largest absolute Gasteiger partial charge is 0.494 e. The van der Waals surface area contributed by atoms with Gasteiger partial charge in [0.2, 0.25) is 0 Å². The van der Waals surface area contributed by atoms with Crippen molar-refractivity contribution in [1.29, 1.82) is 0 Å². The van der Waals surface area contributed by atoms with E-state index in [1.165, 1.54) is 11.3 Å². The van der Waals surface area contributed by atoms with E-state index in [0.29, 0.717) is 56.6 Å². The number of carbonyl (C=O) groups excluding carboxylic acids is 1. The van der Waals surface area contributed by atoms with E-state index in [1.54, 1.807) is 24.5 Å². The lowest BCUT2D eigenvalue weighted by Crippen LogP contribution is -2.40. The van der Waals surface area contributed by atoms with Crippen molar-refractivity contribution in [2.75, 3.05) is 19.8 Å². The molecule has 0 aliphatic carbocycles. The van der Waals surface area contributed by atoms with Crippen molar-refractivity contribution in [3.8, 4) is 17.2 Å². The Hall–Kier alpha value is -3.85. The molecule has 0 saturated heterocycles. The third-order valence-electron chi connectivity index (χ3n) is 5.98. The SMILES string of the molecule is CCOC(=O)C1=C(C)N=c2sc(=Cc3ccc(OCC)cc3OCC)c(=O)n2C1c1ccccc1OC(C)C. The highest BCUT2D eigenvalue weighted by atomic mass is 32.1. The Morgan fingerprint density at radius 1 is 1.05 bits per heavy atom. The van der Waals surface area contributed by atoms with E-state index in [9.17, 15) is 9.59 Å². The van der Waals surface area contributed by atoms with Crippen molar-refractivity contribution in [1.82, 2.24) is 4.57 Å². The summed E-state index contributed by atoms with van der Waals surface area (Å²) in [5.74, 6) is 1.39. The standard InChI is InChI=1S/C30H34N2O6S/c1-7-35-21-15-14-20(24(17-21)36-8-2)16-25-28(33)32-27(22-12-10-11-13-23(22)38-18(4)5)26(29(34)37-9-3)19(6)31-30(32)39-25/h10-18,27H,7-9H2,1-6H3. The number of hydrogen-bond donors (Lipinski definition) is 0. The molecule has 9 heteroatoms. The lowest BCUT2D eigenvalue weighted by atomic mass is 9.95. The number of benzene rings is 2. The first kappa shape index (κ1) is 28.2. The smallest absolute Gasteiger partial charge is 0.338 e. The molecule has 0 bridgehead atoms. The summed E-state index contributed by atoms with van der Waals surface area (Å²) in [6.45, 7) is 12.4. The first-order valence-corrected chi connectivity index (χ1v) is 13.9. The number of carbonyl (C=O) groups is 1. The fourth-order valence-corrected chi connectivity index (χ4v) is 5.50. The average molecular weight is 551 g/mol. The van der Waals surface area contributed by atoms with Crippen LogP contribution < -0.4 is 29.1 Å². The van der Waals surface area contributed by atoms with Crippen LogP contribution in [0.1, 0.15) is 58.7 Å². The first-order chi connectivity index (χ1) is 18.8. The predicted octanol–water partition coefficient (Wildman–Crippen LogP) is 4.38. The van der Waals surface area contributed by atoms with Gasteiger partial charge in [-0.15, -0.1) is 0 Å². The van der Waals surface area contributed by atoms with Crippen LogP contribution in [-0.4, -0.2) is 36.5 Å². The lowest BCUT2D eigenvalue weighted by molar-refractivity contribution is -0.139. The highest BCUT2D eigenvalue weighted by Crippen LogP contribution is 2.36. The number of rotatable bonds is 10. The van der Waals surface area contributed by atoms with Crippen LogP contribution in [0, 0.1) is 0 Å². The summed E-state index contributed by atoms with van der Waals surface area (Å²) in [5, 5.41) is 0. The highest BCUT2D eigenvalue weighted by molar-refractivity contribution is 7.07. The zero-order valence-electron chi connectivity index (χ0n) is 23.1. The topological polar surface area (TPSA) is 88.4 Å². The van der Waals surface area contributed by atoms with E-state index in [1.807, 2.05) is 70.2 Å². The molecule has 0 spiro atoms. The summed E-state index contributed by atoms with van der Waals surface area (Å²) in [4.78, 5) is 32.4. The Labute approximate surface area is 231 Å². The molecule has 3 aromatic rings. The molecule has 0 N–H and O–H groups in total. The van der Waals surface area contributed by atoms with Crippen molar-refractivity contribution in [2.24, 2.45) is 4.99 Å². The summed E-state index contributed by atoms with van der Waals surface area (Å²) in [7, 11) is 0. The van der Waals surface area contributed by atoms with Gasteiger partial charge in [0.15, 0.2) is 4.80 Å². The molecule has 1 aliphatic heterocycles. The number of hydrogen-bond acceptors (Lipinski definition) is 8. The van der Waals surface area contributed by atoms with E-state index >= 15 is 0 Å².